The summed E-state index contributed by atoms with van der Waals surface area (Å²) in [6.07, 6.45) is 20.3. The molecule has 10 heteroatoms. The molecule has 0 heterocycles. The second-order valence-corrected chi connectivity index (χ2v) is 11.1. The molecule has 0 aliphatic heterocycles. The van der Waals surface area contributed by atoms with Crippen molar-refractivity contribution in [2.75, 3.05) is 52.6 Å². The van der Waals surface area contributed by atoms with Crippen molar-refractivity contribution in [1.82, 2.24) is 0 Å². The zero-order chi connectivity index (χ0) is 29.0. The highest BCUT2D eigenvalue weighted by Gasteiger charge is 2.24. The van der Waals surface area contributed by atoms with Crippen LogP contribution in [0.2, 0.25) is 0 Å². The molecule has 38 heavy (non-hydrogen) atoms. The molecule has 0 aromatic carbocycles. The van der Waals surface area contributed by atoms with E-state index in [4.69, 9.17) is 4.74 Å². The molecule has 0 atom stereocenters. The number of carbonyl (C=O) groups excluding carboxylic acids is 1. The third-order valence-corrected chi connectivity index (χ3v) is 7.42. The molecule has 0 fully saturated rings. The van der Waals surface area contributed by atoms with E-state index in [2.05, 4.69) is 11.1 Å². The monoisotopic (exact) mass is 569 g/mol. The van der Waals surface area contributed by atoms with E-state index in [1.807, 2.05) is 6.92 Å². The zero-order valence-corrected chi connectivity index (χ0v) is 25.5. The highest BCUT2D eigenvalue weighted by molar-refractivity contribution is 7.80. The Morgan fingerprint density at radius 2 is 1.13 bits per heavy atom. The predicted molar refractivity (Wildman–Crippen MR) is 151 cm³/mol. The van der Waals surface area contributed by atoms with Crippen LogP contribution in [0.4, 0.5) is 0 Å². The van der Waals surface area contributed by atoms with Gasteiger partial charge in [-0.2, -0.15) is 0 Å². The number of ether oxygens (including phenoxy) is 1. The average molecular weight is 570 g/mol. The van der Waals surface area contributed by atoms with E-state index in [9.17, 15) is 28.0 Å². The summed E-state index contributed by atoms with van der Waals surface area (Å²) < 4.78 is 38.0. The van der Waals surface area contributed by atoms with E-state index in [1.54, 1.807) is 0 Å². The first kappa shape index (κ1) is 39.4. The van der Waals surface area contributed by atoms with Gasteiger partial charge in [-0.1, -0.05) is 96.8 Å². The maximum absolute atomic E-state index is 11.9. The second-order valence-electron chi connectivity index (χ2n) is 10.0. The van der Waals surface area contributed by atoms with Crippen LogP contribution in [0, 0.1) is 0 Å². The molecule has 0 saturated heterocycles. The summed E-state index contributed by atoms with van der Waals surface area (Å²) >= 11 is 0. The Balaban J connectivity index is 0. The van der Waals surface area contributed by atoms with Crippen molar-refractivity contribution >= 4 is 16.4 Å². The Kier molecular flexibility index (Phi) is 28.8. The number of esters is 1. The SMILES string of the molecule is CCCCCCCCCCCCCCCCCC(=O)OCC[N+](CC)(CCO)CCO.CCOS(=O)(=O)[O-]. The maximum atomic E-state index is 11.9. The molecule has 0 saturated carbocycles. The highest BCUT2D eigenvalue weighted by Crippen LogP contribution is 2.14. The van der Waals surface area contributed by atoms with Gasteiger partial charge in [-0.3, -0.25) is 8.98 Å². The molecule has 230 valence electrons. The van der Waals surface area contributed by atoms with Crippen LogP contribution < -0.4 is 0 Å². The molecule has 0 rings (SSSR count). The number of hydrogen-bond donors (Lipinski definition) is 2. The Morgan fingerprint density at radius 1 is 0.711 bits per heavy atom. The quantitative estimate of drug-likeness (QED) is 0.0483. The van der Waals surface area contributed by atoms with Gasteiger partial charge in [-0.15, -0.1) is 0 Å². The first-order valence-electron chi connectivity index (χ1n) is 15.0. The molecular formula is C28H59NO8S. The lowest BCUT2D eigenvalue weighted by Crippen LogP contribution is -2.53. The van der Waals surface area contributed by atoms with Gasteiger partial charge in [-0.25, -0.2) is 8.42 Å². The fourth-order valence-corrected chi connectivity index (χ4v) is 4.73. The zero-order valence-electron chi connectivity index (χ0n) is 24.7. The minimum Gasteiger partial charge on any atom is -0.726 e. The Morgan fingerprint density at radius 3 is 1.45 bits per heavy atom. The van der Waals surface area contributed by atoms with Gasteiger partial charge in [0.15, 0.2) is 0 Å². The molecule has 0 unspecified atom stereocenters. The van der Waals surface area contributed by atoms with Crippen LogP contribution in [-0.4, -0.2) is 86.2 Å². The van der Waals surface area contributed by atoms with Crippen LogP contribution in [0.5, 0.6) is 0 Å². The van der Waals surface area contributed by atoms with Crippen LogP contribution in [0.25, 0.3) is 0 Å². The Labute approximate surface area is 233 Å². The average Bonchev–Trinajstić information content (AvgIpc) is 2.86. The van der Waals surface area contributed by atoms with Crippen molar-refractivity contribution in [3.63, 3.8) is 0 Å². The summed E-state index contributed by atoms with van der Waals surface area (Å²) in [5, 5.41) is 18.5. The van der Waals surface area contributed by atoms with Gasteiger partial charge in [0.2, 0.25) is 10.4 Å². The lowest BCUT2D eigenvalue weighted by molar-refractivity contribution is -0.927. The summed E-state index contributed by atoms with van der Waals surface area (Å²) in [5.74, 6) is -0.114. The number of unbranched alkanes of at least 4 members (excludes halogenated alkanes) is 14. The van der Waals surface area contributed by atoms with Crippen molar-refractivity contribution in [1.29, 1.82) is 0 Å². The van der Waals surface area contributed by atoms with Gasteiger partial charge in [0.05, 0.1) is 26.4 Å². The predicted octanol–water partition coefficient (Wildman–Crippen LogP) is 5.10. The summed E-state index contributed by atoms with van der Waals surface area (Å²) in [7, 11) is -4.42. The molecule has 0 aromatic heterocycles. The smallest absolute Gasteiger partial charge is 0.305 e. The first-order chi connectivity index (χ1) is 18.2. The molecule has 0 aromatic rings. The summed E-state index contributed by atoms with van der Waals surface area (Å²) in [4.78, 5) is 11.9. The number of nitrogens with zero attached hydrogens (tertiary/aromatic N) is 1. The standard InChI is InChI=1S/C26H54NO4.C2H6O4S/c1-3-5-6-7-8-9-10-11-12-13-14-15-16-17-18-19-26(30)31-25-22-27(4-2,20-23-28)21-24-29;1-2-6-7(3,4)5/h28-29H,3-25H2,1-2H3;2H2,1H3,(H,3,4,5)/q+1;/p-1. The number of likely N-dealkylation sites (N-methyl/N-ethyl adjacent to an activating group) is 1. The van der Waals surface area contributed by atoms with Gasteiger partial charge in [0, 0.05) is 6.42 Å². The van der Waals surface area contributed by atoms with Gasteiger partial charge < -0.3 is 24.0 Å². The number of aliphatic hydroxyl groups is 2. The molecule has 0 aliphatic carbocycles. The molecular weight excluding hydrogens is 510 g/mol. The highest BCUT2D eigenvalue weighted by atomic mass is 32.3. The molecule has 0 aliphatic rings. The third kappa shape index (κ3) is 28.2. The summed E-state index contributed by atoms with van der Waals surface area (Å²) in [5.41, 5.74) is 0. The lowest BCUT2D eigenvalue weighted by Gasteiger charge is -2.36. The fraction of sp³-hybridized carbons (Fsp3) is 0.964. The van der Waals surface area contributed by atoms with E-state index >= 15 is 0 Å². The molecule has 0 amide bonds. The van der Waals surface area contributed by atoms with Gasteiger partial charge in [-0.05, 0) is 20.3 Å². The van der Waals surface area contributed by atoms with Gasteiger partial charge in [0.25, 0.3) is 0 Å². The second kappa shape index (κ2) is 27.8. The summed E-state index contributed by atoms with van der Waals surface area (Å²) in [6, 6.07) is 0. The number of aliphatic hydroxyl groups excluding tert-OH is 2. The minimum atomic E-state index is -4.42. The van der Waals surface area contributed by atoms with Gasteiger partial charge >= 0.3 is 5.97 Å². The van der Waals surface area contributed by atoms with Gasteiger partial charge in [0.1, 0.15) is 26.2 Å². The maximum Gasteiger partial charge on any atom is 0.305 e. The Hall–Kier alpha value is -0.780. The molecule has 0 spiro atoms. The van der Waals surface area contributed by atoms with Crippen molar-refractivity contribution in [2.45, 2.75) is 124 Å². The van der Waals surface area contributed by atoms with Crippen LogP contribution in [0.1, 0.15) is 124 Å². The number of quaternary nitrogens is 1. The van der Waals surface area contributed by atoms with Crippen LogP contribution >= 0.6 is 0 Å². The normalized spacial score (nSPS) is 11.7. The molecule has 0 bridgehead atoms. The summed E-state index contributed by atoms with van der Waals surface area (Å²) in [6.45, 7) is 8.84. The Bertz CT molecular complexity index is 610. The van der Waals surface area contributed by atoms with E-state index in [0.717, 1.165) is 19.4 Å². The third-order valence-electron chi connectivity index (χ3n) is 6.89. The lowest BCUT2D eigenvalue weighted by atomic mass is 10.0. The number of carbonyl (C=O) groups is 1. The number of hydrogen-bond acceptors (Lipinski definition) is 8. The molecule has 2 N–H and O–H groups in total. The molecule has 0 radical (unpaired) electrons. The van der Waals surface area contributed by atoms with Crippen LogP contribution in [-0.2, 0) is 24.1 Å². The van der Waals surface area contributed by atoms with Crippen LogP contribution in [0.3, 0.4) is 0 Å². The van der Waals surface area contributed by atoms with Crippen molar-refractivity contribution < 1.29 is 41.4 Å². The van der Waals surface area contributed by atoms with Crippen molar-refractivity contribution in [3.8, 4) is 0 Å². The van der Waals surface area contributed by atoms with Crippen LogP contribution in [0.15, 0.2) is 0 Å². The number of rotatable bonds is 26. The van der Waals surface area contributed by atoms with E-state index < -0.39 is 10.4 Å². The van der Waals surface area contributed by atoms with E-state index in [-0.39, 0.29) is 25.8 Å². The minimum absolute atomic E-state index is 0.0842. The van der Waals surface area contributed by atoms with E-state index in [1.165, 1.54) is 90.4 Å². The fourth-order valence-electron chi connectivity index (χ4n) is 4.44. The van der Waals surface area contributed by atoms with Crippen molar-refractivity contribution in [2.24, 2.45) is 0 Å². The largest absolute Gasteiger partial charge is 0.726 e. The van der Waals surface area contributed by atoms with E-state index in [0.29, 0.717) is 37.1 Å². The van der Waals surface area contributed by atoms with Crippen molar-refractivity contribution in [3.05, 3.63) is 0 Å². The topological polar surface area (TPSA) is 133 Å². The first-order valence-corrected chi connectivity index (χ1v) is 16.4. The molecule has 9 nitrogen and oxygen atoms in total.